The summed E-state index contributed by atoms with van der Waals surface area (Å²) in [4.78, 5) is 25.0. The van der Waals surface area contributed by atoms with Crippen molar-refractivity contribution in [2.24, 2.45) is 0 Å². The van der Waals surface area contributed by atoms with Gasteiger partial charge in [0, 0.05) is 24.5 Å². The first kappa shape index (κ1) is 18.0. The molecule has 0 aliphatic rings. The van der Waals surface area contributed by atoms with Crippen molar-refractivity contribution in [3.63, 3.8) is 0 Å². The minimum Gasteiger partial charge on any atom is -0.287 e. The SMILES string of the molecule is O=C(c1cc(F)cc(CCCN[SH](=O)=O)c1)c1cc2nccnc2cn1. The van der Waals surface area contributed by atoms with Crippen LogP contribution in [0.1, 0.15) is 28.0 Å². The van der Waals surface area contributed by atoms with Gasteiger partial charge in [-0.15, -0.1) is 0 Å². The molecule has 1 N–H and O–H groups in total. The maximum atomic E-state index is 13.9. The van der Waals surface area contributed by atoms with E-state index in [1.54, 1.807) is 6.07 Å². The number of thiol groups is 1. The molecule has 0 aliphatic carbocycles. The first-order valence-electron chi connectivity index (χ1n) is 7.82. The second kappa shape index (κ2) is 8.07. The molecule has 7 nitrogen and oxygen atoms in total. The Morgan fingerprint density at radius 2 is 1.81 bits per heavy atom. The van der Waals surface area contributed by atoms with Crippen LogP contribution in [0.3, 0.4) is 0 Å². The average molecular weight is 374 g/mol. The maximum absolute atomic E-state index is 13.9. The highest BCUT2D eigenvalue weighted by atomic mass is 32.2. The first-order chi connectivity index (χ1) is 12.5. The number of hydrogen-bond acceptors (Lipinski definition) is 6. The predicted molar refractivity (Wildman–Crippen MR) is 93.8 cm³/mol. The third kappa shape index (κ3) is 4.44. The molecular formula is C17H15FN4O3S. The van der Waals surface area contributed by atoms with Crippen molar-refractivity contribution in [3.8, 4) is 0 Å². The van der Waals surface area contributed by atoms with Crippen molar-refractivity contribution in [2.75, 3.05) is 6.54 Å². The molecule has 9 heteroatoms. The van der Waals surface area contributed by atoms with Gasteiger partial charge in [-0.2, -0.15) is 0 Å². The van der Waals surface area contributed by atoms with E-state index in [0.29, 0.717) is 29.4 Å². The molecule has 0 aliphatic heterocycles. The van der Waals surface area contributed by atoms with Crippen LogP contribution in [0.5, 0.6) is 0 Å². The Bertz CT molecular complexity index is 1030. The van der Waals surface area contributed by atoms with Crippen LogP contribution < -0.4 is 4.72 Å². The van der Waals surface area contributed by atoms with E-state index in [4.69, 9.17) is 0 Å². The van der Waals surface area contributed by atoms with E-state index in [0.717, 1.165) is 6.07 Å². The highest BCUT2D eigenvalue weighted by molar-refractivity contribution is 7.70. The first-order valence-corrected chi connectivity index (χ1v) is 8.99. The molecule has 2 aromatic heterocycles. The zero-order chi connectivity index (χ0) is 18.5. The number of nitrogens with one attached hydrogen (secondary N) is 1. The van der Waals surface area contributed by atoms with Gasteiger partial charge in [0.25, 0.3) is 0 Å². The third-order valence-electron chi connectivity index (χ3n) is 3.69. The quantitative estimate of drug-likeness (QED) is 0.369. The Kier molecular flexibility index (Phi) is 5.59. The monoisotopic (exact) mass is 374 g/mol. The summed E-state index contributed by atoms with van der Waals surface area (Å²) < 4.78 is 37.1. The van der Waals surface area contributed by atoms with Gasteiger partial charge in [0.1, 0.15) is 17.0 Å². The number of carbonyl (C=O) groups is 1. The smallest absolute Gasteiger partial charge is 0.211 e. The minimum atomic E-state index is -2.65. The lowest BCUT2D eigenvalue weighted by Crippen LogP contribution is -2.13. The number of pyridine rings is 1. The lowest BCUT2D eigenvalue weighted by molar-refractivity contribution is 0.103. The Balaban J connectivity index is 1.81. The van der Waals surface area contributed by atoms with Crippen molar-refractivity contribution in [1.82, 2.24) is 19.7 Å². The molecule has 0 radical (unpaired) electrons. The molecule has 2 heterocycles. The number of aryl methyl sites for hydroxylation is 1. The fourth-order valence-electron chi connectivity index (χ4n) is 2.53. The van der Waals surface area contributed by atoms with Crippen LogP contribution >= 0.6 is 0 Å². The largest absolute Gasteiger partial charge is 0.287 e. The van der Waals surface area contributed by atoms with Crippen molar-refractivity contribution < 1.29 is 17.6 Å². The van der Waals surface area contributed by atoms with Crippen molar-refractivity contribution in [1.29, 1.82) is 0 Å². The van der Waals surface area contributed by atoms with E-state index in [1.807, 2.05) is 0 Å². The molecule has 0 amide bonds. The van der Waals surface area contributed by atoms with Gasteiger partial charge in [-0.1, -0.05) is 0 Å². The van der Waals surface area contributed by atoms with E-state index < -0.39 is 22.5 Å². The van der Waals surface area contributed by atoms with Crippen LogP contribution in [0.15, 0.2) is 42.9 Å². The Morgan fingerprint density at radius 1 is 1.04 bits per heavy atom. The molecule has 0 fully saturated rings. The Hall–Kier alpha value is -2.78. The molecule has 3 rings (SSSR count). The van der Waals surface area contributed by atoms with Gasteiger partial charge < -0.3 is 0 Å². The van der Waals surface area contributed by atoms with Gasteiger partial charge in [0.2, 0.25) is 16.7 Å². The number of benzene rings is 1. The number of carbonyl (C=O) groups excluding carboxylic acids is 1. The fraction of sp³-hybridized carbons (Fsp3) is 0.176. The molecular weight excluding hydrogens is 359 g/mol. The second-order valence-corrected chi connectivity index (χ2v) is 6.39. The zero-order valence-corrected chi connectivity index (χ0v) is 14.4. The number of halogens is 1. The van der Waals surface area contributed by atoms with Crippen LogP contribution in [0.2, 0.25) is 0 Å². The van der Waals surface area contributed by atoms with Gasteiger partial charge in [-0.05, 0) is 42.7 Å². The number of nitrogens with zero attached hydrogens (tertiary/aromatic N) is 3. The average Bonchev–Trinajstić information content (AvgIpc) is 2.63. The topological polar surface area (TPSA) is 102 Å². The standard InChI is InChI=1S/C17H15FN4O3S/c18-13-7-11(2-1-3-22-26(24)25)6-12(8-13)17(23)15-9-14-16(10-21-15)20-5-4-19-14/h4-10,26H,1-3H2,(H,22,24,25). The van der Waals surface area contributed by atoms with Crippen LogP contribution in [-0.2, 0) is 17.3 Å². The lowest BCUT2D eigenvalue weighted by Gasteiger charge is -2.06. The van der Waals surface area contributed by atoms with Crippen molar-refractivity contribution >= 4 is 27.7 Å². The fourth-order valence-corrected chi connectivity index (χ4v) is 2.87. The van der Waals surface area contributed by atoms with E-state index in [-0.39, 0.29) is 17.8 Å². The summed E-state index contributed by atoms with van der Waals surface area (Å²) in [7, 11) is -2.65. The van der Waals surface area contributed by atoms with Crippen LogP contribution in [0.4, 0.5) is 4.39 Å². The van der Waals surface area contributed by atoms with E-state index in [9.17, 15) is 17.6 Å². The summed E-state index contributed by atoms with van der Waals surface area (Å²) in [5.41, 5.74) is 2.03. The summed E-state index contributed by atoms with van der Waals surface area (Å²) in [5.74, 6) is -0.951. The van der Waals surface area contributed by atoms with Gasteiger partial charge >= 0.3 is 0 Å². The molecule has 3 aromatic rings. The molecule has 0 saturated carbocycles. The molecule has 0 spiro atoms. The van der Waals surface area contributed by atoms with Crippen LogP contribution in [0, 0.1) is 5.82 Å². The second-order valence-electron chi connectivity index (χ2n) is 5.56. The number of rotatable bonds is 7. The highest BCUT2D eigenvalue weighted by Crippen LogP contribution is 2.16. The van der Waals surface area contributed by atoms with Gasteiger partial charge in [0.15, 0.2) is 0 Å². The van der Waals surface area contributed by atoms with E-state index >= 15 is 0 Å². The molecule has 0 unspecified atom stereocenters. The Morgan fingerprint density at radius 3 is 2.58 bits per heavy atom. The molecule has 1 aromatic carbocycles. The maximum Gasteiger partial charge on any atom is 0.211 e. The molecule has 134 valence electrons. The Labute approximate surface area is 150 Å². The summed E-state index contributed by atoms with van der Waals surface area (Å²) in [6.07, 6.45) is 5.42. The number of hydrogen-bond donors (Lipinski definition) is 2. The lowest BCUT2D eigenvalue weighted by atomic mass is 10.0. The zero-order valence-electron chi connectivity index (χ0n) is 13.6. The molecule has 0 atom stereocenters. The number of aromatic nitrogens is 3. The summed E-state index contributed by atoms with van der Waals surface area (Å²) in [5, 5.41) is 0. The normalized spacial score (nSPS) is 11.2. The van der Waals surface area contributed by atoms with Crippen LogP contribution in [-0.4, -0.2) is 35.7 Å². The highest BCUT2D eigenvalue weighted by Gasteiger charge is 2.14. The van der Waals surface area contributed by atoms with Gasteiger partial charge in [-0.25, -0.2) is 17.5 Å². The summed E-state index contributed by atoms with van der Waals surface area (Å²) >= 11 is 0. The third-order valence-corrected chi connectivity index (χ3v) is 4.17. The predicted octanol–water partition coefficient (Wildman–Crippen LogP) is 1.44. The van der Waals surface area contributed by atoms with Crippen molar-refractivity contribution in [3.05, 3.63) is 65.5 Å². The summed E-state index contributed by atoms with van der Waals surface area (Å²) in [6.45, 7) is 0.253. The van der Waals surface area contributed by atoms with E-state index in [1.165, 1.54) is 30.7 Å². The van der Waals surface area contributed by atoms with Crippen LogP contribution in [0.25, 0.3) is 11.0 Å². The molecule has 26 heavy (non-hydrogen) atoms. The number of ketones is 1. The molecule has 0 saturated heterocycles. The number of fused-ring (bicyclic) bond motifs is 1. The summed E-state index contributed by atoms with van der Waals surface area (Å²) in [6, 6.07) is 5.59. The minimum absolute atomic E-state index is 0.152. The van der Waals surface area contributed by atoms with Gasteiger partial charge in [0.05, 0.1) is 11.7 Å². The molecule has 0 bridgehead atoms. The van der Waals surface area contributed by atoms with Crippen molar-refractivity contribution in [2.45, 2.75) is 12.8 Å². The van der Waals surface area contributed by atoms with E-state index in [2.05, 4.69) is 19.7 Å². The van der Waals surface area contributed by atoms with Gasteiger partial charge in [-0.3, -0.25) is 19.7 Å².